The summed E-state index contributed by atoms with van der Waals surface area (Å²) < 4.78 is 0. The summed E-state index contributed by atoms with van der Waals surface area (Å²) in [5.74, 6) is 0.923. The molecule has 4 aromatic carbocycles. The van der Waals surface area contributed by atoms with Crippen LogP contribution in [0.4, 0.5) is 0 Å². The number of aryl methyl sites for hydroxylation is 1. The third-order valence-corrected chi connectivity index (χ3v) is 4.70. The molecular weight excluding hydrogens is 292 g/mol. The molecule has 0 radical (unpaired) electrons. The lowest BCUT2D eigenvalue weighted by atomic mass is 10.0. The van der Waals surface area contributed by atoms with Crippen molar-refractivity contribution in [2.24, 2.45) is 0 Å². The van der Waals surface area contributed by atoms with Gasteiger partial charge in [-0.3, -0.25) is 0 Å². The van der Waals surface area contributed by atoms with Crippen LogP contribution >= 0.6 is 0 Å². The molecule has 1 heterocycles. The third-order valence-electron chi connectivity index (χ3n) is 4.70. The molecule has 0 atom stereocenters. The van der Waals surface area contributed by atoms with Gasteiger partial charge in [-0.25, -0.2) is 4.98 Å². The molecule has 0 amide bonds. The number of hydrogen-bond donors (Lipinski definition) is 1. The Kier molecular flexibility index (Phi) is 2.74. The van der Waals surface area contributed by atoms with Crippen molar-refractivity contribution >= 4 is 32.6 Å². The van der Waals surface area contributed by atoms with E-state index in [1.807, 2.05) is 0 Å². The molecule has 1 aromatic heterocycles. The van der Waals surface area contributed by atoms with Crippen LogP contribution in [0.25, 0.3) is 44.0 Å². The monoisotopic (exact) mass is 308 g/mol. The minimum atomic E-state index is 0.923. The van der Waals surface area contributed by atoms with Gasteiger partial charge in [0.15, 0.2) is 0 Å². The maximum absolute atomic E-state index is 4.94. The first-order valence-electron chi connectivity index (χ1n) is 8.17. The Morgan fingerprint density at radius 1 is 0.667 bits per heavy atom. The highest BCUT2D eigenvalue weighted by molar-refractivity contribution is 6.23. The largest absolute Gasteiger partial charge is 0.337 e. The average molecular weight is 308 g/mol. The molecule has 2 heteroatoms. The van der Waals surface area contributed by atoms with E-state index in [-0.39, 0.29) is 0 Å². The van der Waals surface area contributed by atoms with Gasteiger partial charge in [0.1, 0.15) is 5.82 Å². The Hall–Kier alpha value is -3.13. The molecule has 0 fully saturated rings. The zero-order valence-corrected chi connectivity index (χ0v) is 13.4. The number of H-pyrrole nitrogens is 1. The first-order chi connectivity index (χ1) is 11.8. The molecule has 0 aliphatic carbocycles. The van der Waals surface area contributed by atoms with Gasteiger partial charge >= 0.3 is 0 Å². The predicted octanol–water partition coefficient (Wildman–Crippen LogP) is 5.84. The molecule has 0 aliphatic heterocycles. The minimum Gasteiger partial charge on any atom is -0.337 e. The maximum Gasteiger partial charge on any atom is 0.138 e. The van der Waals surface area contributed by atoms with E-state index in [0.717, 1.165) is 22.4 Å². The van der Waals surface area contributed by atoms with Crippen molar-refractivity contribution in [1.82, 2.24) is 9.97 Å². The van der Waals surface area contributed by atoms with Crippen LogP contribution in [0.3, 0.4) is 0 Å². The van der Waals surface area contributed by atoms with Gasteiger partial charge in [0.05, 0.1) is 11.0 Å². The second kappa shape index (κ2) is 4.93. The van der Waals surface area contributed by atoms with Crippen LogP contribution in [0, 0.1) is 6.92 Å². The molecule has 0 bridgehead atoms. The summed E-state index contributed by atoms with van der Waals surface area (Å²) in [5, 5.41) is 4.93. The van der Waals surface area contributed by atoms with Crippen molar-refractivity contribution in [3.8, 4) is 11.4 Å². The normalized spacial score (nSPS) is 11.5. The maximum atomic E-state index is 4.94. The minimum absolute atomic E-state index is 0.923. The van der Waals surface area contributed by atoms with Gasteiger partial charge in [-0.05, 0) is 17.7 Å². The molecule has 1 N–H and O–H groups in total. The number of aromatic amines is 1. The summed E-state index contributed by atoms with van der Waals surface area (Å²) in [7, 11) is 0. The lowest BCUT2D eigenvalue weighted by Gasteiger charge is -2.05. The molecule has 24 heavy (non-hydrogen) atoms. The zero-order chi connectivity index (χ0) is 16.1. The molecule has 0 saturated heterocycles. The topological polar surface area (TPSA) is 28.7 Å². The highest BCUT2D eigenvalue weighted by Gasteiger charge is 2.13. The highest BCUT2D eigenvalue weighted by Crippen LogP contribution is 2.34. The van der Waals surface area contributed by atoms with Crippen LogP contribution in [0.2, 0.25) is 0 Å². The number of aromatic nitrogens is 2. The van der Waals surface area contributed by atoms with Crippen LogP contribution in [0.15, 0.2) is 72.8 Å². The van der Waals surface area contributed by atoms with Crippen molar-refractivity contribution < 1.29 is 0 Å². The van der Waals surface area contributed by atoms with Crippen LogP contribution in [0.5, 0.6) is 0 Å². The summed E-state index contributed by atoms with van der Waals surface area (Å²) >= 11 is 0. The lowest BCUT2D eigenvalue weighted by molar-refractivity contribution is 1.33. The van der Waals surface area contributed by atoms with E-state index in [9.17, 15) is 0 Å². The van der Waals surface area contributed by atoms with Crippen molar-refractivity contribution in [2.45, 2.75) is 6.92 Å². The first kappa shape index (κ1) is 13.3. The van der Waals surface area contributed by atoms with Crippen molar-refractivity contribution in [3.63, 3.8) is 0 Å². The Balaban J connectivity index is 1.93. The molecular formula is C22H16N2. The van der Waals surface area contributed by atoms with Gasteiger partial charge in [-0.1, -0.05) is 78.4 Å². The zero-order valence-electron chi connectivity index (χ0n) is 13.4. The number of fused-ring (bicyclic) bond motifs is 6. The highest BCUT2D eigenvalue weighted by atomic mass is 14.9. The van der Waals surface area contributed by atoms with E-state index >= 15 is 0 Å². The lowest BCUT2D eigenvalue weighted by Crippen LogP contribution is -1.81. The molecule has 2 nitrogen and oxygen atoms in total. The van der Waals surface area contributed by atoms with E-state index in [1.54, 1.807) is 0 Å². The Morgan fingerprint density at radius 2 is 1.25 bits per heavy atom. The van der Waals surface area contributed by atoms with Crippen molar-refractivity contribution in [3.05, 3.63) is 78.4 Å². The summed E-state index contributed by atoms with van der Waals surface area (Å²) in [6.07, 6.45) is 0. The standard InChI is InChI=1S/C22H16N2/c1-14-10-12-15(13-11-14)22-23-20-18-8-4-2-6-16(18)17-7-3-5-9-19(17)21(20)24-22/h2-13H,1H3,(H,23,24). The third kappa shape index (κ3) is 1.86. The quantitative estimate of drug-likeness (QED) is 0.387. The van der Waals surface area contributed by atoms with Gasteiger partial charge < -0.3 is 4.98 Å². The van der Waals surface area contributed by atoms with Crippen LogP contribution in [-0.2, 0) is 0 Å². The van der Waals surface area contributed by atoms with E-state index in [0.29, 0.717) is 0 Å². The molecule has 5 aromatic rings. The van der Waals surface area contributed by atoms with Gasteiger partial charge in [-0.15, -0.1) is 0 Å². The molecule has 0 aliphatic rings. The molecule has 0 saturated carbocycles. The van der Waals surface area contributed by atoms with Crippen LogP contribution in [0.1, 0.15) is 5.56 Å². The summed E-state index contributed by atoms with van der Waals surface area (Å²) in [4.78, 5) is 8.49. The predicted molar refractivity (Wildman–Crippen MR) is 101 cm³/mol. The fourth-order valence-electron chi connectivity index (χ4n) is 3.47. The second-order valence-electron chi connectivity index (χ2n) is 6.27. The molecule has 5 rings (SSSR count). The molecule has 0 spiro atoms. The summed E-state index contributed by atoms with van der Waals surface area (Å²) in [6, 6.07) is 25.5. The first-order valence-corrected chi connectivity index (χ1v) is 8.17. The van der Waals surface area contributed by atoms with Gasteiger partial charge in [0, 0.05) is 16.3 Å². The number of benzene rings is 4. The van der Waals surface area contributed by atoms with Gasteiger partial charge in [0.25, 0.3) is 0 Å². The molecule has 114 valence electrons. The van der Waals surface area contributed by atoms with E-state index in [1.165, 1.54) is 27.1 Å². The number of imidazole rings is 1. The van der Waals surface area contributed by atoms with Crippen LogP contribution in [-0.4, -0.2) is 9.97 Å². The summed E-state index contributed by atoms with van der Waals surface area (Å²) in [6.45, 7) is 2.10. The Bertz CT molecular complexity index is 1120. The fraction of sp³-hybridized carbons (Fsp3) is 0.0455. The average Bonchev–Trinajstić information content (AvgIpc) is 3.08. The summed E-state index contributed by atoms with van der Waals surface area (Å²) in [5.41, 5.74) is 4.52. The van der Waals surface area contributed by atoms with Crippen LogP contribution < -0.4 is 0 Å². The number of nitrogens with one attached hydrogen (secondary N) is 1. The SMILES string of the molecule is Cc1ccc(-c2nc3c4ccccc4c4ccccc4c3[nH]2)cc1. The molecule has 0 unspecified atom stereocenters. The van der Waals surface area contributed by atoms with Gasteiger partial charge in [-0.2, -0.15) is 0 Å². The van der Waals surface area contributed by atoms with E-state index in [2.05, 4.69) is 84.7 Å². The smallest absolute Gasteiger partial charge is 0.138 e. The number of nitrogens with zero attached hydrogens (tertiary/aromatic N) is 1. The Morgan fingerprint density at radius 3 is 1.96 bits per heavy atom. The number of hydrogen-bond acceptors (Lipinski definition) is 1. The second-order valence-corrected chi connectivity index (χ2v) is 6.27. The Labute approximate surface area is 139 Å². The van der Waals surface area contributed by atoms with E-state index < -0.39 is 0 Å². The number of rotatable bonds is 1. The fourth-order valence-corrected chi connectivity index (χ4v) is 3.47. The van der Waals surface area contributed by atoms with Crippen molar-refractivity contribution in [1.29, 1.82) is 0 Å². The van der Waals surface area contributed by atoms with Gasteiger partial charge in [0.2, 0.25) is 0 Å². The van der Waals surface area contributed by atoms with E-state index in [4.69, 9.17) is 4.98 Å². The van der Waals surface area contributed by atoms with Crippen molar-refractivity contribution in [2.75, 3.05) is 0 Å².